The molecule has 0 radical (unpaired) electrons. The van der Waals surface area contributed by atoms with E-state index in [9.17, 15) is 9.18 Å². The molecule has 0 N–H and O–H groups in total. The van der Waals surface area contributed by atoms with Crippen molar-refractivity contribution < 1.29 is 13.7 Å². The Labute approximate surface area is 172 Å². The lowest BCUT2D eigenvalue weighted by Gasteiger charge is -2.18. The lowest BCUT2D eigenvalue weighted by molar-refractivity contribution is 0.0787. The van der Waals surface area contributed by atoms with Crippen LogP contribution in [0.2, 0.25) is 0 Å². The van der Waals surface area contributed by atoms with Gasteiger partial charge in [-0.1, -0.05) is 17.3 Å². The van der Waals surface area contributed by atoms with Crippen LogP contribution in [-0.4, -0.2) is 28.0 Å². The number of fused-ring (bicyclic) bond motifs is 1. The van der Waals surface area contributed by atoms with Gasteiger partial charge in [0.25, 0.3) is 11.6 Å². The van der Waals surface area contributed by atoms with Gasteiger partial charge in [-0.15, -0.1) is 0 Å². The molecule has 0 unspecified atom stereocenters. The maximum absolute atomic E-state index is 13.3. The third-order valence-electron chi connectivity index (χ3n) is 4.84. The van der Waals surface area contributed by atoms with E-state index in [4.69, 9.17) is 9.78 Å². The first-order valence-corrected chi connectivity index (χ1v) is 9.23. The van der Waals surface area contributed by atoms with Gasteiger partial charge < -0.3 is 9.42 Å². The summed E-state index contributed by atoms with van der Waals surface area (Å²) in [6.45, 7) is 2.12. The fourth-order valence-electron chi connectivity index (χ4n) is 3.27. The number of halogens is 1. The Bertz CT molecular complexity index is 1270. The summed E-state index contributed by atoms with van der Waals surface area (Å²) in [5, 5.41) is 13.4. The molecule has 0 spiro atoms. The lowest BCUT2D eigenvalue weighted by atomic mass is 10.0. The van der Waals surface area contributed by atoms with Gasteiger partial charge >= 0.3 is 0 Å². The molecular weight excluding hydrogens is 383 g/mol. The van der Waals surface area contributed by atoms with Crippen LogP contribution in [0.15, 0.2) is 59.1 Å². The van der Waals surface area contributed by atoms with Crippen LogP contribution >= 0.6 is 0 Å². The van der Waals surface area contributed by atoms with E-state index >= 15 is 0 Å². The molecule has 7 heteroatoms. The van der Waals surface area contributed by atoms with Crippen LogP contribution in [0.1, 0.15) is 27.2 Å². The van der Waals surface area contributed by atoms with Gasteiger partial charge in [0.05, 0.1) is 34.0 Å². The number of carbonyl (C=O) groups excluding carboxylic acids is 1. The minimum absolute atomic E-state index is 0.221. The molecule has 0 aliphatic heterocycles. The number of rotatable bonds is 4. The molecule has 0 aliphatic rings. The summed E-state index contributed by atoms with van der Waals surface area (Å²) in [6.07, 6.45) is 0. The molecule has 148 valence electrons. The molecule has 0 fully saturated rings. The fourth-order valence-corrected chi connectivity index (χ4v) is 3.27. The van der Waals surface area contributed by atoms with Gasteiger partial charge in [0.1, 0.15) is 5.82 Å². The molecule has 0 saturated heterocycles. The Kier molecular flexibility index (Phi) is 4.98. The van der Waals surface area contributed by atoms with Crippen molar-refractivity contribution in [2.24, 2.45) is 0 Å². The van der Waals surface area contributed by atoms with Crippen LogP contribution in [0, 0.1) is 24.1 Å². The van der Waals surface area contributed by atoms with Crippen molar-refractivity contribution in [2.75, 3.05) is 7.05 Å². The predicted octanol–water partition coefficient (Wildman–Crippen LogP) is 4.48. The number of hydrogen-bond acceptors (Lipinski definition) is 5. The van der Waals surface area contributed by atoms with E-state index in [1.165, 1.54) is 12.1 Å². The van der Waals surface area contributed by atoms with Crippen molar-refractivity contribution in [2.45, 2.75) is 13.5 Å². The Morgan fingerprint density at radius 2 is 1.87 bits per heavy atom. The number of aryl methyl sites for hydroxylation is 1. The zero-order chi connectivity index (χ0) is 21.3. The zero-order valence-corrected chi connectivity index (χ0v) is 16.4. The summed E-state index contributed by atoms with van der Waals surface area (Å²) >= 11 is 0. The second kappa shape index (κ2) is 7.76. The molecule has 6 nitrogen and oxygen atoms in total. The predicted molar refractivity (Wildman–Crippen MR) is 109 cm³/mol. The van der Waals surface area contributed by atoms with Crippen molar-refractivity contribution in [3.8, 4) is 17.3 Å². The summed E-state index contributed by atoms with van der Waals surface area (Å²) in [6, 6.07) is 16.7. The minimum atomic E-state index is -0.353. The van der Waals surface area contributed by atoms with Crippen LogP contribution in [0.3, 0.4) is 0 Å². The summed E-state index contributed by atoms with van der Waals surface area (Å²) < 4.78 is 18.6. The Balaban J connectivity index is 1.72. The number of pyridine rings is 1. The standard InChI is InChI=1S/C23H17FN4O2/c1-14-21-19(23(29)28(2)13-16-5-3-15(12-25)4-6-16)11-20(26-22(21)30-27-14)17-7-9-18(24)10-8-17/h3-11H,13H2,1-2H3. The maximum Gasteiger partial charge on any atom is 0.259 e. The Hall–Kier alpha value is -4.05. The van der Waals surface area contributed by atoms with Crippen LogP contribution < -0.4 is 0 Å². The van der Waals surface area contributed by atoms with Gasteiger partial charge in [0.2, 0.25) is 0 Å². The van der Waals surface area contributed by atoms with E-state index in [1.807, 2.05) is 12.1 Å². The molecule has 0 bridgehead atoms. The summed E-state index contributed by atoms with van der Waals surface area (Å²) in [5.74, 6) is -0.574. The summed E-state index contributed by atoms with van der Waals surface area (Å²) in [4.78, 5) is 19.3. The summed E-state index contributed by atoms with van der Waals surface area (Å²) in [7, 11) is 1.70. The van der Waals surface area contributed by atoms with E-state index in [0.29, 0.717) is 40.0 Å². The van der Waals surface area contributed by atoms with Crippen LogP contribution in [0.5, 0.6) is 0 Å². The second-order valence-electron chi connectivity index (χ2n) is 6.98. The molecule has 0 saturated carbocycles. The van der Waals surface area contributed by atoms with Gasteiger partial charge in [-0.2, -0.15) is 5.26 Å². The molecule has 30 heavy (non-hydrogen) atoms. The third-order valence-corrected chi connectivity index (χ3v) is 4.84. The molecule has 2 aromatic heterocycles. The second-order valence-corrected chi connectivity index (χ2v) is 6.98. The van der Waals surface area contributed by atoms with Gasteiger partial charge in [0, 0.05) is 19.2 Å². The van der Waals surface area contributed by atoms with E-state index in [-0.39, 0.29) is 17.4 Å². The molecular formula is C23H17FN4O2. The average molecular weight is 400 g/mol. The highest BCUT2D eigenvalue weighted by Gasteiger charge is 2.22. The van der Waals surface area contributed by atoms with E-state index in [2.05, 4.69) is 16.2 Å². The summed E-state index contributed by atoms with van der Waals surface area (Å²) in [5.41, 5.74) is 3.85. The van der Waals surface area contributed by atoms with Crippen molar-refractivity contribution in [1.29, 1.82) is 5.26 Å². The highest BCUT2D eigenvalue weighted by molar-refractivity contribution is 6.06. The van der Waals surface area contributed by atoms with Gasteiger partial charge in [-0.05, 0) is 55.0 Å². The SMILES string of the molecule is Cc1noc2nc(-c3ccc(F)cc3)cc(C(=O)N(C)Cc3ccc(C#N)cc3)c12. The first kappa shape index (κ1) is 19.3. The topological polar surface area (TPSA) is 83.0 Å². The number of carbonyl (C=O) groups is 1. The normalized spacial score (nSPS) is 10.7. The van der Waals surface area contributed by atoms with Crippen LogP contribution in [0.4, 0.5) is 4.39 Å². The number of amides is 1. The van der Waals surface area contributed by atoms with Crippen molar-refractivity contribution in [1.82, 2.24) is 15.0 Å². The molecule has 0 atom stereocenters. The maximum atomic E-state index is 13.3. The molecule has 4 rings (SSSR count). The van der Waals surface area contributed by atoms with Crippen LogP contribution in [0.25, 0.3) is 22.4 Å². The number of aromatic nitrogens is 2. The number of nitrogens with zero attached hydrogens (tertiary/aromatic N) is 4. The van der Waals surface area contributed by atoms with E-state index in [0.717, 1.165) is 5.56 Å². The van der Waals surface area contributed by atoms with Crippen LogP contribution in [-0.2, 0) is 6.54 Å². The average Bonchev–Trinajstić information content (AvgIpc) is 3.14. The molecule has 1 amide bonds. The number of hydrogen-bond donors (Lipinski definition) is 0. The molecule has 2 heterocycles. The van der Waals surface area contributed by atoms with Crippen molar-refractivity contribution >= 4 is 17.0 Å². The first-order valence-electron chi connectivity index (χ1n) is 9.23. The molecule has 2 aromatic carbocycles. The lowest BCUT2D eigenvalue weighted by Crippen LogP contribution is -2.26. The smallest absolute Gasteiger partial charge is 0.259 e. The van der Waals surface area contributed by atoms with E-state index < -0.39 is 0 Å². The fraction of sp³-hybridized carbons (Fsp3) is 0.130. The molecule has 4 aromatic rings. The van der Waals surface area contributed by atoms with Crippen molar-refractivity contribution in [3.63, 3.8) is 0 Å². The monoisotopic (exact) mass is 400 g/mol. The first-order chi connectivity index (χ1) is 14.5. The van der Waals surface area contributed by atoms with Gasteiger partial charge in [-0.3, -0.25) is 4.79 Å². The van der Waals surface area contributed by atoms with Crippen molar-refractivity contribution in [3.05, 3.63) is 82.8 Å². The minimum Gasteiger partial charge on any atom is -0.337 e. The highest BCUT2D eigenvalue weighted by Crippen LogP contribution is 2.28. The Morgan fingerprint density at radius 3 is 2.53 bits per heavy atom. The number of nitriles is 1. The quantitative estimate of drug-likeness (QED) is 0.504. The van der Waals surface area contributed by atoms with Gasteiger partial charge in [0.15, 0.2) is 0 Å². The van der Waals surface area contributed by atoms with E-state index in [1.54, 1.807) is 49.2 Å². The number of benzene rings is 2. The van der Waals surface area contributed by atoms with Gasteiger partial charge in [-0.25, -0.2) is 9.37 Å². The zero-order valence-electron chi connectivity index (χ0n) is 16.4. The highest BCUT2D eigenvalue weighted by atomic mass is 19.1. The largest absolute Gasteiger partial charge is 0.337 e. The Morgan fingerprint density at radius 1 is 1.17 bits per heavy atom. The third kappa shape index (κ3) is 3.63. The molecule has 0 aliphatic carbocycles.